The van der Waals surface area contributed by atoms with Crippen molar-refractivity contribution in [2.75, 3.05) is 23.3 Å². The van der Waals surface area contributed by atoms with Crippen molar-refractivity contribution in [1.29, 1.82) is 0 Å². The zero-order chi connectivity index (χ0) is 27.0. The third-order valence-electron chi connectivity index (χ3n) is 6.59. The Morgan fingerprint density at radius 3 is 2.63 bits per heavy atom. The Morgan fingerprint density at radius 1 is 1.08 bits per heavy atom. The number of aryl methyl sites for hydroxylation is 2. The zero-order valence-electron chi connectivity index (χ0n) is 21.4. The summed E-state index contributed by atoms with van der Waals surface area (Å²) >= 11 is 1.51. The summed E-state index contributed by atoms with van der Waals surface area (Å²) in [5.41, 5.74) is 6.66. The molecule has 5 aromatic rings. The Hall–Kier alpha value is -4.11. The lowest BCUT2D eigenvalue weighted by atomic mass is 10.0. The smallest absolute Gasteiger partial charge is 0.214 e. The summed E-state index contributed by atoms with van der Waals surface area (Å²) in [6.07, 6.45) is 3.78. The number of H-pyrrole nitrogens is 1. The average Bonchev–Trinajstić information content (AvgIpc) is 3.51. The van der Waals surface area contributed by atoms with Crippen LogP contribution in [0.5, 0.6) is 0 Å². The molecule has 0 bridgehead atoms. The van der Waals surface area contributed by atoms with Crippen molar-refractivity contribution >= 4 is 40.1 Å². The number of fused-ring (bicyclic) bond motifs is 1. The number of hydrogen-bond acceptors (Lipinski definition) is 5. The first kappa shape index (κ1) is 25.5. The molecule has 0 spiro atoms. The number of halogens is 2. The number of nitrogens with one attached hydrogen (secondary N) is 3. The monoisotopic (exact) mass is 531 g/mol. The number of carbonyl (C=O) groups excluding carboxylic acids is 1. The van der Waals surface area contributed by atoms with Crippen LogP contribution in [0, 0.1) is 25.5 Å². The fourth-order valence-electron chi connectivity index (χ4n) is 4.69. The fraction of sp³-hybridized carbons (Fsp3) is 0.172. The van der Waals surface area contributed by atoms with Crippen LogP contribution in [0.3, 0.4) is 0 Å². The molecule has 3 aromatic carbocycles. The van der Waals surface area contributed by atoms with Crippen molar-refractivity contribution < 1.29 is 13.6 Å². The molecule has 5 rings (SSSR count). The Bertz CT molecular complexity index is 1670. The highest BCUT2D eigenvalue weighted by molar-refractivity contribution is 7.99. The standard InChI is InChI=1S/C29H27F2N5OS/c1-16-11-20-13-25(34-24(20)14-23(16)35-38-4)28(37)21-15-33-36(29(21)32-3)26-9-8-18(10-17(26)2)12-19-6-5-7-22(30)27(19)31/h5-11,13-15,32,34-35H,12H2,1-4H3. The van der Waals surface area contributed by atoms with Crippen LogP contribution >= 0.6 is 11.9 Å². The third kappa shape index (κ3) is 4.65. The SMILES string of the molecule is CNc1c(C(=O)c2cc3cc(C)c(NSC)cc3[nH]2)cnn1-c1ccc(Cc2cccc(F)c2F)cc1C. The second-order valence-corrected chi connectivity index (χ2v) is 9.76. The van der Waals surface area contributed by atoms with E-state index in [4.69, 9.17) is 0 Å². The fourth-order valence-corrected chi connectivity index (χ4v) is 5.13. The Labute approximate surface area is 223 Å². The van der Waals surface area contributed by atoms with Crippen LogP contribution in [0.4, 0.5) is 20.3 Å². The lowest BCUT2D eigenvalue weighted by Crippen LogP contribution is -2.09. The summed E-state index contributed by atoms with van der Waals surface area (Å²) in [4.78, 5) is 16.8. The number of anilines is 2. The molecule has 2 heterocycles. The number of aromatic amines is 1. The van der Waals surface area contributed by atoms with Gasteiger partial charge in [0.15, 0.2) is 11.6 Å². The summed E-state index contributed by atoms with van der Waals surface area (Å²) < 4.78 is 32.7. The minimum atomic E-state index is -0.856. The Kier molecular flexibility index (Phi) is 6.94. The Balaban J connectivity index is 1.46. The molecule has 194 valence electrons. The molecule has 9 heteroatoms. The van der Waals surface area contributed by atoms with Crippen LogP contribution in [0.2, 0.25) is 0 Å². The van der Waals surface area contributed by atoms with Gasteiger partial charge in [-0.1, -0.05) is 36.2 Å². The molecule has 6 nitrogen and oxygen atoms in total. The van der Waals surface area contributed by atoms with Gasteiger partial charge in [-0.15, -0.1) is 0 Å². The molecule has 0 atom stereocenters. The summed E-state index contributed by atoms with van der Waals surface area (Å²) in [5, 5.41) is 8.58. The van der Waals surface area contributed by atoms with Crippen molar-refractivity contribution in [1.82, 2.24) is 14.8 Å². The third-order valence-corrected chi connectivity index (χ3v) is 7.01. The highest BCUT2D eigenvalue weighted by Gasteiger charge is 2.22. The van der Waals surface area contributed by atoms with E-state index in [1.54, 1.807) is 24.0 Å². The van der Waals surface area contributed by atoms with Crippen LogP contribution in [-0.2, 0) is 6.42 Å². The van der Waals surface area contributed by atoms with Gasteiger partial charge < -0.3 is 15.0 Å². The first-order valence-electron chi connectivity index (χ1n) is 12.1. The molecule has 38 heavy (non-hydrogen) atoms. The topological polar surface area (TPSA) is 74.7 Å². The largest absolute Gasteiger partial charge is 0.372 e. The van der Waals surface area contributed by atoms with E-state index in [1.807, 2.05) is 56.5 Å². The van der Waals surface area contributed by atoms with Gasteiger partial charge >= 0.3 is 0 Å². The van der Waals surface area contributed by atoms with E-state index in [1.165, 1.54) is 18.0 Å². The number of rotatable bonds is 8. The van der Waals surface area contributed by atoms with Crippen LogP contribution in [0.25, 0.3) is 16.6 Å². The van der Waals surface area contributed by atoms with Gasteiger partial charge in [0.05, 0.1) is 23.1 Å². The lowest BCUT2D eigenvalue weighted by Gasteiger charge is -2.13. The molecular weight excluding hydrogens is 504 g/mol. The van der Waals surface area contributed by atoms with E-state index < -0.39 is 11.6 Å². The zero-order valence-corrected chi connectivity index (χ0v) is 22.3. The van der Waals surface area contributed by atoms with E-state index >= 15 is 0 Å². The number of carbonyl (C=O) groups is 1. The Morgan fingerprint density at radius 2 is 1.89 bits per heavy atom. The van der Waals surface area contributed by atoms with Crippen molar-refractivity contribution in [3.63, 3.8) is 0 Å². The van der Waals surface area contributed by atoms with Crippen LogP contribution in [-0.4, -0.2) is 33.9 Å². The van der Waals surface area contributed by atoms with Crippen molar-refractivity contribution in [2.24, 2.45) is 0 Å². The molecule has 0 aliphatic heterocycles. The van der Waals surface area contributed by atoms with Gasteiger partial charge in [0.1, 0.15) is 5.82 Å². The molecule has 0 unspecified atom stereocenters. The molecule has 0 saturated heterocycles. The van der Waals surface area contributed by atoms with E-state index in [-0.39, 0.29) is 12.2 Å². The van der Waals surface area contributed by atoms with Gasteiger partial charge in [-0.2, -0.15) is 5.10 Å². The highest BCUT2D eigenvalue weighted by atomic mass is 32.2. The molecular formula is C29H27F2N5OS. The van der Waals surface area contributed by atoms with Crippen LogP contribution in [0.15, 0.2) is 60.8 Å². The minimum absolute atomic E-state index is 0.176. The molecule has 0 aliphatic carbocycles. The van der Waals surface area contributed by atoms with E-state index in [0.717, 1.165) is 45.0 Å². The minimum Gasteiger partial charge on any atom is -0.372 e. The summed E-state index contributed by atoms with van der Waals surface area (Å²) in [6, 6.07) is 15.7. The van der Waals surface area contributed by atoms with Gasteiger partial charge in [-0.3, -0.25) is 4.79 Å². The quantitative estimate of drug-likeness (QED) is 0.152. The molecule has 0 aliphatic rings. The summed E-state index contributed by atoms with van der Waals surface area (Å²) in [6.45, 7) is 3.95. The predicted molar refractivity (Wildman–Crippen MR) is 151 cm³/mol. The maximum atomic E-state index is 14.2. The van der Waals surface area contributed by atoms with Crippen molar-refractivity contribution in [2.45, 2.75) is 20.3 Å². The number of hydrogen-bond donors (Lipinski definition) is 3. The molecule has 0 fully saturated rings. The number of ketones is 1. The van der Waals surface area contributed by atoms with E-state index in [0.29, 0.717) is 22.6 Å². The van der Waals surface area contributed by atoms with Gasteiger partial charge in [-0.05, 0) is 66.4 Å². The maximum absolute atomic E-state index is 14.2. The second-order valence-electron chi connectivity index (χ2n) is 9.15. The van der Waals surface area contributed by atoms with Gasteiger partial charge in [0.25, 0.3) is 0 Å². The van der Waals surface area contributed by atoms with E-state index in [2.05, 4.69) is 20.1 Å². The maximum Gasteiger partial charge on any atom is 0.214 e. The highest BCUT2D eigenvalue weighted by Crippen LogP contribution is 2.29. The molecule has 0 saturated carbocycles. The lowest BCUT2D eigenvalue weighted by molar-refractivity contribution is 0.103. The molecule has 2 aromatic heterocycles. The van der Waals surface area contributed by atoms with Gasteiger partial charge in [-0.25, -0.2) is 13.5 Å². The first-order valence-corrected chi connectivity index (χ1v) is 13.3. The molecule has 3 N–H and O–H groups in total. The first-order chi connectivity index (χ1) is 18.3. The van der Waals surface area contributed by atoms with Crippen LogP contribution < -0.4 is 10.0 Å². The number of nitrogens with zero attached hydrogens (tertiary/aromatic N) is 2. The molecule has 0 radical (unpaired) electrons. The average molecular weight is 532 g/mol. The van der Waals surface area contributed by atoms with Crippen LogP contribution in [0.1, 0.15) is 38.3 Å². The normalized spacial score (nSPS) is 11.2. The van der Waals surface area contributed by atoms with Gasteiger partial charge in [0, 0.05) is 36.3 Å². The van der Waals surface area contributed by atoms with Gasteiger partial charge in [0.2, 0.25) is 5.78 Å². The van der Waals surface area contributed by atoms with E-state index in [9.17, 15) is 13.6 Å². The van der Waals surface area contributed by atoms with Crippen molar-refractivity contribution in [3.8, 4) is 5.69 Å². The summed E-state index contributed by atoms with van der Waals surface area (Å²) in [7, 11) is 1.75. The van der Waals surface area contributed by atoms with Crippen molar-refractivity contribution in [3.05, 3.63) is 106 Å². The predicted octanol–water partition coefficient (Wildman–Crippen LogP) is 6.80. The number of benzene rings is 3. The summed E-state index contributed by atoms with van der Waals surface area (Å²) in [5.74, 6) is -1.30. The molecule has 0 amide bonds. The second kappa shape index (κ2) is 10.3. The number of aromatic nitrogens is 3.